The van der Waals surface area contributed by atoms with E-state index >= 15 is 0 Å². The van der Waals surface area contributed by atoms with Crippen LogP contribution in [0.1, 0.15) is 11.1 Å². The van der Waals surface area contributed by atoms with E-state index in [0.29, 0.717) is 0 Å². The minimum atomic E-state index is 0.827. The van der Waals surface area contributed by atoms with Crippen LogP contribution in [0, 0.1) is 0 Å². The van der Waals surface area contributed by atoms with Crippen LogP contribution in [-0.4, -0.2) is 21.2 Å². The Balaban J connectivity index is 1.87. The van der Waals surface area contributed by atoms with Crippen molar-refractivity contribution in [1.82, 2.24) is 0 Å². The Labute approximate surface area is 156 Å². The lowest BCUT2D eigenvalue weighted by Gasteiger charge is -2.26. The average molecular weight is 346 g/mol. The Hall–Kier alpha value is -2.94. The van der Waals surface area contributed by atoms with E-state index in [2.05, 4.69) is 90.6 Å². The second-order valence-electron chi connectivity index (χ2n) is 6.61. The molecule has 3 aromatic carbocycles. The molecule has 0 atom stereocenters. The quantitative estimate of drug-likeness (QED) is 0.601. The van der Waals surface area contributed by atoms with Gasteiger partial charge in [0.1, 0.15) is 5.75 Å². The molecular weight excluding hydrogens is 320 g/mol. The summed E-state index contributed by atoms with van der Waals surface area (Å²) in [5, 5.41) is 0. The molecule has 0 spiro atoms. The highest BCUT2D eigenvalue weighted by Gasteiger charge is 2.10. The molecule has 3 aromatic rings. The number of nitrogens with zero attached hydrogens (tertiary/aromatic N) is 2. The SMILES string of the molecule is COc1cccc(CN(Cc2cccc(N(C)C)c2)c2ccccc2)c1. The van der Waals surface area contributed by atoms with Gasteiger partial charge in [-0.15, -0.1) is 0 Å². The molecule has 0 bridgehead atoms. The highest BCUT2D eigenvalue weighted by atomic mass is 16.5. The van der Waals surface area contributed by atoms with Gasteiger partial charge in [-0.2, -0.15) is 0 Å². The zero-order valence-corrected chi connectivity index (χ0v) is 15.7. The Morgan fingerprint density at radius 3 is 1.96 bits per heavy atom. The highest BCUT2D eigenvalue weighted by Crippen LogP contribution is 2.23. The Kier molecular flexibility index (Phi) is 5.80. The van der Waals surface area contributed by atoms with Gasteiger partial charge < -0.3 is 14.5 Å². The van der Waals surface area contributed by atoms with Gasteiger partial charge in [0.05, 0.1) is 7.11 Å². The fraction of sp³-hybridized carbons (Fsp3) is 0.217. The third-order valence-electron chi connectivity index (χ3n) is 4.43. The standard InChI is InChI=1S/C23H26N2O/c1-24(2)22-13-7-9-19(15-22)17-25(21-11-5-4-6-12-21)18-20-10-8-14-23(16-20)26-3/h4-16H,17-18H2,1-3H3. The second kappa shape index (κ2) is 8.43. The number of hydrogen-bond acceptors (Lipinski definition) is 3. The largest absolute Gasteiger partial charge is 0.497 e. The van der Waals surface area contributed by atoms with Crippen molar-refractivity contribution in [2.24, 2.45) is 0 Å². The van der Waals surface area contributed by atoms with E-state index in [1.165, 1.54) is 22.5 Å². The first-order chi connectivity index (χ1) is 12.7. The molecule has 0 radical (unpaired) electrons. The number of hydrogen-bond donors (Lipinski definition) is 0. The normalized spacial score (nSPS) is 10.4. The molecule has 0 N–H and O–H groups in total. The van der Waals surface area contributed by atoms with Gasteiger partial charge in [0, 0.05) is 38.6 Å². The summed E-state index contributed by atoms with van der Waals surface area (Å²) in [6.45, 7) is 1.68. The predicted molar refractivity (Wildman–Crippen MR) is 110 cm³/mol. The summed E-state index contributed by atoms with van der Waals surface area (Å²) >= 11 is 0. The van der Waals surface area contributed by atoms with Crippen LogP contribution >= 0.6 is 0 Å². The summed E-state index contributed by atoms with van der Waals surface area (Å²) in [7, 11) is 5.86. The fourth-order valence-corrected chi connectivity index (χ4v) is 3.02. The summed E-state index contributed by atoms with van der Waals surface area (Å²) in [4.78, 5) is 4.53. The van der Waals surface area contributed by atoms with E-state index < -0.39 is 0 Å². The summed E-state index contributed by atoms with van der Waals surface area (Å²) in [5.74, 6) is 0.894. The summed E-state index contributed by atoms with van der Waals surface area (Å²) in [6, 6.07) is 27.5. The topological polar surface area (TPSA) is 15.7 Å². The molecule has 0 aromatic heterocycles. The molecule has 0 unspecified atom stereocenters. The summed E-state index contributed by atoms with van der Waals surface area (Å²) < 4.78 is 5.38. The van der Waals surface area contributed by atoms with Crippen LogP contribution in [0.2, 0.25) is 0 Å². The second-order valence-corrected chi connectivity index (χ2v) is 6.61. The van der Waals surface area contributed by atoms with Crippen molar-refractivity contribution in [1.29, 1.82) is 0 Å². The first-order valence-electron chi connectivity index (χ1n) is 8.85. The van der Waals surface area contributed by atoms with E-state index in [9.17, 15) is 0 Å². The molecular formula is C23H26N2O. The number of anilines is 2. The smallest absolute Gasteiger partial charge is 0.119 e. The van der Waals surface area contributed by atoms with Crippen molar-refractivity contribution < 1.29 is 4.74 Å². The van der Waals surface area contributed by atoms with Crippen molar-refractivity contribution in [3.05, 3.63) is 90.0 Å². The van der Waals surface area contributed by atoms with Crippen LogP contribution in [0.3, 0.4) is 0 Å². The molecule has 3 heteroatoms. The minimum absolute atomic E-state index is 0.827. The van der Waals surface area contributed by atoms with Crippen molar-refractivity contribution in [2.75, 3.05) is 31.0 Å². The maximum absolute atomic E-state index is 5.38. The zero-order valence-electron chi connectivity index (χ0n) is 15.7. The first-order valence-corrected chi connectivity index (χ1v) is 8.85. The molecule has 0 aliphatic rings. The molecule has 0 saturated carbocycles. The van der Waals surface area contributed by atoms with E-state index in [-0.39, 0.29) is 0 Å². The van der Waals surface area contributed by atoms with Gasteiger partial charge in [0.25, 0.3) is 0 Å². The van der Waals surface area contributed by atoms with Crippen LogP contribution in [0.25, 0.3) is 0 Å². The summed E-state index contributed by atoms with van der Waals surface area (Å²) in [6.07, 6.45) is 0. The first kappa shape index (κ1) is 17.9. The van der Waals surface area contributed by atoms with Gasteiger partial charge in [-0.3, -0.25) is 0 Å². The molecule has 3 nitrogen and oxygen atoms in total. The average Bonchev–Trinajstić information content (AvgIpc) is 2.68. The molecule has 26 heavy (non-hydrogen) atoms. The fourth-order valence-electron chi connectivity index (χ4n) is 3.02. The molecule has 0 heterocycles. The van der Waals surface area contributed by atoms with Crippen LogP contribution < -0.4 is 14.5 Å². The van der Waals surface area contributed by atoms with Crippen molar-refractivity contribution in [3.8, 4) is 5.75 Å². The van der Waals surface area contributed by atoms with Gasteiger partial charge in [-0.05, 0) is 47.5 Å². The third-order valence-corrected chi connectivity index (χ3v) is 4.43. The molecule has 0 aliphatic heterocycles. The van der Waals surface area contributed by atoms with Gasteiger partial charge in [-0.1, -0.05) is 42.5 Å². The Morgan fingerprint density at radius 1 is 0.692 bits per heavy atom. The number of methoxy groups -OCH3 is 1. The van der Waals surface area contributed by atoms with Crippen molar-refractivity contribution in [3.63, 3.8) is 0 Å². The predicted octanol–water partition coefficient (Wildman–Crippen LogP) is 4.97. The molecule has 0 aliphatic carbocycles. The number of rotatable bonds is 7. The van der Waals surface area contributed by atoms with Gasteiger partial charge >= 0.3 is 0 Å². The maximum atomic E-state index is 5.38. The van der Waals surface area contributed by atoms with E-state index in [1.807, 2.05) is 12.1 Å². The monoisotopic (exact) mass is 346 g/mol. The highest BCUT2D eigenvalue weighted by molar-refractivity contribution is 5.51. The molecule has 0 fully saturated rings. The Bertz CT molecular complexity index is 830. The van der Waals surface area contributed by atoms with Gasteiger partial charge in [-0.25, -0.2) is 0 Å². The molecule has 3 rings (SSSR count). The van der Waals surface area contributed by atoms with E-state index in [1.54, 1.807) is 7.11 Å². The molecule has 134 valence electrons. The molecule has 0 saturated heterocycles. The lowest BCUT2D eigenvalue weighted by Crippen LogP contribution is -2.22. The number of benzene rings is 3. The van der Waals surface area contributed by atoms with Crippen LogP contribution in [0.5, 0.6) is 5.75 Å². The third kappa shape index (κ3) is 4.57. The lowest BCUT2D eigenvalue weighted by atomic mass is 10.1. The van der Waals surface area contributed by atoms with Gasteiger partial charge in [0.15, 0.2) is 0 Å². The number of para-hydroxylation sites is 1. The van der Waals surface area contributed by atoms with E-state index in [0.717, 1.165) is 18.8 Å². The Morgan fingerprint density at radius 2 is 1.31 bits per heavy atom. The zero-order chi connectivity index (χ0) is 18.4. The maximum Gasteiger partial charge on any atom is 0.119 e. The lowest BCUT2D eigenvalue weighted by molar-refractivity contribution is 0.414. The van der Waals surface area contributed by atoms with Crippen molar-refractivity contribution >= 4 is 11.4 Å². The van der Waals surface area contributed by atoms with Crippen LogP contribution in [0.15, 0.2) is 78.9 Å². The van der Waals surface area contributed by atoms with Crippen molar-refractivity contribution in [2.45, 2.75) is 13.1 Å². The van der Waals surface area contributed by atoms with Crippen LogP contribution in [0.4, 0.5) is 11.4 Å². The van der Waals surface area contributed by atoms with Crippen LogP contribution in [-0.2, 0) is 13.1 Å². The number of ether oxygens (including phenoxy) is 1. The van der Waals surface area contributed by atoms with Gasteiger partial charge in [0.2, 0.25) is 0 Å². The molecule has 0 amide bonds. The summed E-state index contributed by atoms with van der Waals surface area (Å²) in [5.41, 5.74) is 4.96. The van der Waals surface area contributed by atoms with E-state index in [4.69, 9.17) is 4.74 Å². The minimum Gasteiger partial charge on any atom is -0.497 e.